The average molecular weight is 359 g/mol. The molecule has 0 spiro atoms. The first-order valence-corrected chi connectivity index (χ1v) is 9.88. The highest BCUT2D eigenvalue weighted by Gasteiger charge is 2.26. The summed E-state index contributed by atoms with van der Waals surface area (Å²) in [7, 11) is 0. The van der Waals surface area contributed by atoms with E-state index in [0.717, 1.165) is 48.6 Å². The van der Waals surface area contributed by atoms with Crippen LogP contribution in [0.15, 0.2) is 29.9 Å². The fourth-order valence-corrected chi connectivity index (χ4v) is 4.06. The Morgan fingerprint density at radius 3 is 2.96 bits per heavy atom. The number of carbonyl (C=O) groups excluding carboxylic acids is 1. The molecule has 6 heteroatoms. The van der Waals surface area contributed by atoms with Gasteiger partial charge in [0.2, 0.25) is 5.91 Å². The lowest BCUT2D eigenvalue weighted by Crippen LogP contribution is -2.45. The predicted octanol–water partition coefficient (Wildman–Crippen LogP) is 2.98. The molecule has 2 aromatic heterocycles. The lowest BCUT2D eigenvalue weighted by molar-refractivity contribution is -0.126. The number of nitrogens with one attached hydrogen (secondary N) is 1. The van der Waals surface area contributed by atoms with Gasteiger partial charge in [-0.2, -0.15) is 0 Å². The minimum absolute atomic E-state index is 0.124. The standard InChI is InChI=1S/C19H26N4OS/c1-14(2)23-11-3-4-16(12-23)18(24)21-10-7-17-13-25-19(22-17)15-5-8-20-9-6-15/h5-6,8-9,13-14,16H,3-4,7,10-12H2,1-2H3,(H,21,24)/t16-/m0/s1. The first-order chi connectivity index (χ1) is 12.1. The first-order valence-electron chi connectivity index (χ1n) is 9.00. The summed E-state index contributed by atoms with van der Waals surface area (Å²) < 4.78 is 0. The first kappa shape index (κ1) is 18.0. The van der Waals surface area contributed by atoms with Crippen LogP contribution in [0.1, 0.15) is 32.4 Å². The van der Waals surface area contributed by atoms with Crippen LogP contribution in [-0.4, -0.2) is 46.5 Å². The topological polar surface area (TPSA) is 58.1 Å². The third-order valence-corrected chi connectivity index (χ3v) is 5.65. The zero-order valence-corrected chi connectivity index (χ0v) is 15.8. The number of hydrogen-bond donors (Lipinski definition) is 1. The van der Waals surface area contributed by atoms with Crippen LogP contribution in [0, 0.1) is 5.92 Å². The maximum absolute atomic E-state index is 12.4. The molecule has 0 saturated carbocycles. The summed E-state index contributed by atoms with van der Waals surface area (Å²) in [6.07, 6.45) is 6.44. The average Bonchev–Trinajstić information content (AvgIpc) is 3.11. The second-order valence-corrected chi connectivity index (χ2v) is 7.71. The van der Waals surface area contributed by atoms with E-state index in [4.69, 9.17) is 0 Å². The number of piperidine rings is 1. The van der Waals surface area contributed by atoms with Gasteiger partial charge in [0, 0.05) is 48.9 Å². The van der Waals surface area contributed by atoms with E-state index in [1.54, 1.807) is 23.7 Å². The number of hydrogen-bond acceptors (Lipinski definition) is 5. The zero-order valence-electron chi connectivity index (χ0n) is 14.9. The van der Waals surface area contributed by atoms with Crippen LogP contribution in [-0.2, 0) is 11.2 Å². The van der Waals surface area contributed by atoms with E-state index >= 15 is 0 Å². The molecule has 0 aromatic carbocycles. The van der Waals surface area contributed by atoms with Crippen molar-refractivity contribution in [2.45, 2.75) is 39.2 Å². The molecule has 1 N–H and O–H groups in total. The molecule has 1 fully saturated rings. The van der Waals surface area contributed by atoms with Gasteiger partial charge in [-0.3, -0.25) is 9.78 Å². The molecule has 3 rings (SSSR count). The minimum atomic E-state index is 0.124. The lowest BCUT2D eigenvalue weighted by Gasteiger charge is -2.34. The summed E-state index contributed by atoms with van der Waals surface area (Å²) in [6.45, 7) is 7.03. The number of aromatic nitrogens is 2. The van der Waals surface area contributed by atoms with Crippen molar-refractivity contribution in [2.75, 3.05) is 19.6 Å². The van der Waals surface area contributed by atoms with Gasteiger partial charge in [0.25, 0.3) is 0 Å². The number of rotatable bonds is 6. The van der Waals surface area contributed by atoms with E-state index in [0.29, 0.717) is 12.6 Å². The monoisotopic (exact) mass is 358 g/mol. The second kappa shape index (κ2) is 8.54. The van der Waals surface area contributed by atoms with Crippen molar-refractivity contribution in [1.29, 1.82) is 0 Å². The SMILES string of the molecule is CC(C)N1CCC[C@H](C(=O)NCCc2csc(-c3ccncc3)n2)C1. The Morgan fingerprint density at radius 2 is 2.20 bits per heavy atom. The molecule has 1 atom stereocenters. The third-order valence-electron chi connectivity index (χ3n) is 4.71. The molecule has 25 heavy (non-hydrogen) atoms. The minimum Gasteiger partial charge on any atom is -0.355 e. The molecule has 1 aliphatic rings. The number of amides is 1. The van der Waals surface area contributed by atoms with E-state index in [1.165, 1.54) is 0 Å². The second-order valence-electron chi connectivity index (χ2n) is 6.85. The fraction of sp³-hybridized carbons (Fsp3) is 0.526. The number of carbonyl (C=O) groups is 1. The van der Waals surface area contributed by atoms with E-state index in [1.807, 2.05) is 12.1 Å². The number of thiazole rings is 1. The Labute approximate surface area is 153 Å². The third kappa shape index (κ3) is 4.86. The molecule has 5 nitrogen and oxygen atoms in total. The van der Waals surface area contributed by atoms with Crippen molar-refractivity contribution in [1.82, 2.24) is 20.2 Å². The molecule has 3 heterocycles. The van der Waals surface area contributed by atoms with Crippen LogP contribution in [0.2, 0.25) is 0 Å². The highest BCUT2D eigenvalue weighted by Crippen LogP contribution is 2.23. The summed E-state index contributed by atoms with van der Waals surface area (Å²) in [5, 5.41) is 6.17. The van der Waals surface area contributed by atoms with Crippen LogP contribution in [0.4, 0.5) is 0 Å². The van der Waals surface area contributed by atoms with E-state index < -0.39 is 0 Å². The van der Waals surface area contributed by atoms with Crippen LogP contribution in [0.5, 0.6) is 0 Å². The highest BCUT2D eigenvalue weighted by atomic mass is 32.1. The van der Waals surface area contributed by atoms with Gasteiger partial charge >= 0.3 is 0 Å². The molecule has 0 aliphatic carbocycles. The van der Waals surface area contributed by atoms with Gasteiger partial charge in [-0.05, 0) is 45.4 Å². The summed E-state index contributed by atoms with van der Waals surface area (Å²) in [6, 6.07) is 4.44. The molecule has 1 aliphatic heterocycles. The van der Waals surface area contributed by atoms with Crippen LogP contribution < -0.4 is 5.32 Å². The zero-order chi connectivity index (χ0) is 17.6. The van der Waals surface area contributed by atoms with Gasteiger partial charge in [0.05, 0.1) is 11.6 Å². The molecular weight excluding hydrogens is 332 g/mol. The molecule has 1 saturated heterocycles. The van der Waals surface area contributed by atoms with Crippen molar-refractivity contribution < 1.29 is 4.79 Å². The Hall–Kier alpha value is -1.79. The van der Waals surface area contributed by atoms with E-state index in [2.05, 4.69) is 39.4 Å². The maximum Gasteiger partial charge on any atom is 0.224 e. The normalized spacial score (nSPS) is 18.4. The van der Waals surface area contributed by atoms with Gasteiger partial charge < -0.3 is 10.2 Å². The molecule has 2 aromatic rings. The van der Waals surface area contributed by atoms with Crippen molar-refractivity contribution >= 4 is 17.2 Å². The smallest absolute Gasteiger partial charge is 0.224 e. The van der Waals surface area contributed by atoms with Gasteiger partial charge in [-0.1, -0.05) is 0 Å². The maximum atomic E-state index is 12.4. The van der Waals surface area contributed by atoms with Gasteiger partial charge in [0.1, 0.15) is 5.01 Å². The largest absolute Gasteiger partial charge is 0.355 e. The summed E-state index contributed by atoms with van der Waals surface area (Å²) in [4.78, 5) is 23.5. The summed E-state index contributed by atoms with van der Waals surface area (Å²) >= 11 is 1.63. The fourth-order valence-electron chi connectivity index (χ4n) is 3.20. The molecule has 1 amide bonds. The Bertz CT molecular complexity index is 686. The molecule has 134 valence electrons. The quantitative estimate of drug-likeness (QED) is 0.862. The Balaban J connectivity index is 1.47. The molecular formula is C19H26N4OS. The van der Waals surface area contributed by atoms with Crippen LogP contribution in [0.3, 0.4) is 0 Å². The number of pyridine rings is 1. The van der Waals surface area contributed by atoms with Crippen molar-refractivity contribution in [3.8, 4) is 10.6 Å². The summed E-state index contributed by atoms with van der Waals surface area (Å²) in [5.41, 5.74) is 2.12. The van der Waals surface area contributed by atoms with Crippen molar-refractivity contribution in [3.63, 3.8) is 0 Å². The van der Waals surface area contributed by atoms with Crippen LogP contribution >= 0.6 is 11.3 Å². The van der Waals surface area contributed by atoms with Gasteiger partial charge in [0.15, 0.2) is 0 Å². The van der Waals surface area contributed by atoms with Crippen LogP contribution in [0.25, 0.3) is 10.6 Å². The Morgan fingerprint density at radius 1 is 1.40 bits per heavy atom. The Kier molecular flexibility index (Phi) is 6.15. The lowest BCUT2D eigenvalue weighted by atomic mass is 9.96. The predicted molar refractivity (Wildman–Crippen MR) is 101 cm³/mol. The van der Waals surface area contributed by atoms with Crippen molar-refractivity contribution in [3.05, 3.63) is 35.6 Å². The summed E-state index contributed by atoms with van der Waals surface area (Å²) in [5.74, 6) is 0.314. The number of nitrogens with zero attached hydrogens (tertiary/aromatic N) is 3. The van der Waals surface area contributed by atoms with E-state index in [9.17, 15) is 4.79 Å². The number of likely N-dealkylation sites (tertiary alicyclic amines) is 1. The molecule has 0 bridgehead atoms. The van der Waals surface area contributed by atoms with Gasteiger partial charge in [-0.25, -0.2) is 4.98 Å². The van der Waals surface area contributed by atoms with Crippen molar-refractivity contribution in [2.24, 2.45) is 5.92 Å². The van der Waals surface area contributed by atoms with E-state index in [-0.39, 0.29) is 11.8 Å². The highest BCUT2D eigenvalue weighted by molar-refractivity contribution is 7.13. The van der Waals surface area contributed by atoms with Gasteiger partial charge in [-0.15, -0.1) is 11.3 Å². The molecule has 0 unspecified atom stereocenters. The molecule has 0 radical (unpaired) electrons.